The van der Waals surface area contributed by atoms with Gasteiger partial charge in [-0.25, -0.2) is 10.4 Å². The normalized spacial score (nSPS) is 15.6. The van der Waals surface area contributed by atoms with E-state index in [-0.39, 0.29) is 5.91 Å². The predicted molar refractivity (Wildman–Crippen MR) is 84.3 cm³/mol. The Morgan fingerprint density at radius 1 is 1.50 bits per heavy atom. The first kappa shape index (κ1) is 13.6. The topological polar surface area (TPSA) is 54.4 Å². The molecule has 6 heteroatoms. The minimum Gasteiger partial charge on any atom is -0.272 e. The number of aromatic nitrogens is 1. The molecule has 1 saturated carbocycles. The Hall–Kier alpha value is -1.40. The van der Waals surface area contributed by atoms with Gasteiger partial charge in [0, 0.05) is 5.71 Å². The van der Waals surface area contributed by atoms with E-state index in [4.69, 9.17) is 0 Å². The van der Waals surface area contributed by atoms with Crippen molar-refractivity contribution >= 4 is 44.9 Å². The zero-order valence-electron chi connectivity index (χ0n) is 11.1. The van der Waals surface area contributed by atoms with Crippen LogP contribution >= 0.6 is 23.1 Å². The zero-order chi connectivity index (χ0) is 13.9. The first-order valence-corrected chi connectivity index (χ1v) is 8.34. The van der Waals surface area contributed by atoms with Crippen molar-refractivity contribution in [3.8, 4) is 0 Å². The Morgan fingerprint density at radius 2 is 2.30 bits per heavy atom. The molecule has 1 heterocycles. The molecule has 20 heavy (non-hydrogen) atoms. The Labute approximate surface area is 125 Å². The van der Waals surface area contributed by atoms with Crippen molar-refractivity contribution in [2.45, 2.75) is 24.1 Å². The third-order valence-corrected chi connectivity index (χ3v) is 5.31. The van der Waals surface area contributed by atoms with E-state index < -0.39 is 0 Å². The van der Waals surface area contributed by atoms with Crippen LogP contribution < -0.4 is 5.43 Å². The summed E-state index contributed by atoms with van der Waals surface area (Å²) < 4.78 is 2.07. The van der Waals surface area contributed by atoms with Gasteiger partial charge in [0.05, 0.1) is 16.0 Å². The van der Waals surface area contributed by atoms with Gasteiger partial charge in [-0.2, -0.15) is 5.10 Å². The van der Waals surface area contributed by atoms with Crippen LogP contribution in [0.25, 0.3) is 10.2 Å². The highest BCUT2D eigenvalue weighted by Crippen LogP contribution is 2.30. The van der Waals surface area contributed by atoms with Gasteiger partial charge in [-0.15, -0.1) is 11.3 Å². The SMILES string of the molecule is CC(=NNC(=O)CSc1nc2ccccc2s1)C1CC1. The van der Waals surface area contributed by atoms with Crippen LogP contribution in [0.2, 0.25) is 0 Å². The van der Waals surface area contributed by atoms with Gasteiger partial charge >= 0.3 is 0 Å². The lowest BCUT2D eigenvalue weighted by molar-refractivity contribution is -0.118. The number of benzene rings is 1. The predicted octanol–water partition coefficient (Wildman–Crippen LogP) is 3.29. The Balaban J connectivity index is 1.53. The summed E-state index contributed by atoms with van der Waals surface area (Å²) in [6.07, 6.45) is 2.40. The molecule has 2 aromatic rings. The standard InChI is InChI=1S/C14H15N3OS2/c1-9(10-6-7-10)16-17-13(18)8-19-14-15-11-4-2-3-5-12(11)20-14/h2-5,10H,6-8H2,1H3,(H,17,18). The highest BCUT2D eigenvalue weighted by molar-refractivity contribution is 8.01. The Bertz CT molecular complexity index is 628. The molecule has 0 unspecified atom stereocenters. The smallest absolute Gasteiger partial charge is 0.250 e. The maximum atomic E-state index is 11.7. The quantitative estimate of drug-likeness (QED) is 0.524. The van der Waals surface area contributed by atoms with Crippen LogP contribution in [0.15, 0.2) is 33.7 Å². The van der Waals surface area contributed by atoms with E-state index in [2.05, 4.69) is 15.5 Å². The number of carbonyl (C=O) groups excluding carboxylic acids is 1. The van der Waals surface area contributed by atoms with Gasteiger partial charge < -0.3 is 0 Å². The van der Waals surface area contributed by atoms with Gasteiger partial charge in [0.25, 0.3) is 5.91 Å². The third-order valence-electron chi connectivity index (χ3n) is 3.13. The summed E-state index contributed by atoms with van der Waals surface area (Å²) in [5.74, 6) is 0.864. The van der Waals surface area contributed by atoms with Gasteiger partial charge in [0.1, 0.15) is 0 Å². The molecular weight excluding hydrogens is 290 g/mol. The lowest BCUT2D eigenvalue weighted by Crippen LogP contribution is -2.21. The monoisotopic (exact) mass is 305 g/mol. The lowest BCUT2D eigenvalue weighted by atomic mass is 10.3. The van der Waals surface area contributed by atoms with Crippen molar-refractivity contribution < 1.29 is 4.79 Å². The maximum Gasteiger partial charge on any atom is 0.250 e. The minimum absolute atomic E-state index is 0.0748. The van der Waals surface area contributed by atoms with Crippen molar-refractivity contribution in [3.63, 3.8) is 0 Å². The number of hydrogen-bond donors (Lipinski definition) is 1. The van der Waals surface area contributed by atoms with E-state index in [1.54, 1.807) is 11.3 Å². The largest absolute Gasteiger partial charge is 0.272 e. The number of nitrogens with zero attached hydrogens (tertiary/aromatic N) is 2. The van der Waals surface area contributed by atoms with Gasteiger partial charge in [0.2, 0.25) is 0 Å². The van der Waals surface area contributed by atoms with Crippen molar-refractivity contribution in [2.24, 2.45) is 11.0 Å². The molecule has 4 nitrogen and oxygen atoms in total. The van der Waals surface area contributed by atoms with Crippen molar-refractivity contribution in [2.75, 3.05) is 5.75 Å². The van der Waals surface area contributed by atoms with Gasteiger partial charge in [0.15, 0.2) is 4.34 Å². The van der Waals surface area contributed by atoms with Crippen LogP contribution in [0.1, 0.15) is 19.8 Å². The molecule has 3 rings (SSSR count). The maximum absolute atomic E-state index is 11.7. The number of fused-ring (bicyclic) bond motifs is 1. The molecule has 1 amide bonds. The highest BCUT2D eigenvalue weighted by atomic mass is 32.2. The number of thiazole rings is 1. The van der Waals surface area contributed by atoms with Gasteiger partial charge in [-0.1, -0.05) is 23.9 Å². The highest BCUT2D eigenvalue weighted by Gasteiger charge is 2.24. The second-order valence-electron chi connectivity index (χ2n) is 4.80. The number of nitrogens with one attached hydrogen (secondary N) is 1. The van der Waals surface area contributed by atoms with Crippen molar-refractivity contribution in [1.29, 1.82) is 0 Å². The second kappa shape index (κ2) is 5.93. The molecule has 1 aliphatic rings. The zero-order valence-corrected chi connectivity index (χ0v) is 12.8. The van der Waals surface area contributed by atoms with Crippen molar-refractivity contribution in [3.05, 3.63) is 24.3 Å². The first-order valence-electron chi connectivity index (χ1n) is 6.54. The molecule has 1 N–H and O–H groups in total. The molecule has 104 valence electrons. The molecule has 1 aromatic heterocycles. The van der Waals surface area contributed by atoms with Crippen molar-refractivity contribution in [1.82, 2.24) is 10.4 Å². The molecular formula is C14H15N3OS2. The summed E-state index contributed by atoms with van der Waals surface area (Å²) >= 11 is 3.07. The lowest BCUT2D eigenvalue weighted by Gasteiger charge is -2.00. The fourth-order valence-corrected chi connectivity index (χ4v) is 3.68. The molecule has 1 aromatic carbocycles. The Morgan fingerprint density at radius 3 is 3.05 bits per heavy atom. The number of para-hydroxylation sites is 1. The van der Waals surface area contributed by atoms with Crippen LogP contribution in [0, 0.1) is 5.92 Å². The molecule has 0 radical (unpaired) electrons. The number of hydrazone groups is 1. The molecule has 1 fully saturated rings. The number of amides is 1. The van der Waals surface area contributed by atoms with Crippen LogP contribution in [-0.2, 0) is 4.79 Å². The van der Waals surface area contributed by atoms with E-state index in [9.17, 15) is 4.79 Å². The van der Waals surface area contributed by atoms with Crippen LogP contribution in [0.4, 0.5) is 0 Å². The fourth-order valence-electron chi connectivity index (χ4n) is 1.82. The average molecular weight is 305 g/mol. The summed E-state index contributed by atoms with van der Waals surface area (Å²) in [7, 11) is 0. The summed E-state index contributed by atoms with van der Waals surface area (Å²) in [6.45, 7) is 1.97. The summed E-state index contributed by atoms with van der Waals surface area (Å²) in [6, 6.07) is 8.00. The molecule has 0 saturated heterocycles. The van der Waals surface area contributed by atoms with Crippen LogP contribution in [0.5, 0.6) is 0 Å². The van der Waals surface area contributed by atoms with Gasteiger partial charge in [-0.05, 0) is 37.8 Å². The minimum atomic E-state index is -0.0748. The number of rotatable bonds is 5. The molecule has 0 atom stereocenters. The van der Waals surface area contributed by atoms with E-state index in [1.165, 1.54) is 24.6 Å². The number of thioether (sulfide) groups is 1. The van der Waals surface area contributed by atoms with Crippen LogP contribution in [0.3, 0.4) is 0 Å². The van der Waals surface area contributed by atoms with Gasteiger partial charge in [-0.3, -0.25) is 4.79 Å². The Kier molecular flexibility index (Phi) is 4.03. The number of hydrogen-bond acceptors (Lipinski definition) is 5. The molecule has 1 aliphatic carbocycles. The second-order valence-corrected chi connectivity index (χ2v) is 7.05. The summed E-state index contributed by atoms with van der Waals surface area (Å²) in [5.41, 5.74) is 4.63. The average Bonchev–Trinajstić information content (AvgIpc) is 3.22. The molecule has 0 spiro atoms. The van der Waals surface area contributed by atoms with E-state index in [1.807, 2.05) is 31.2 Å². The first-order chi connectivity index (χ1) is 9.72. The fraction of sp³-hybridized carbons (Fsp3) is 0.357. The summed E-state index contributed by atoms with van der Waals surface area (Å²) in [4.78, 5) is 16.2. The molecule has 0 bridgehead atoms. The van der Waals surface area contributed by atoms with E-state index in [0.29, 0.717) is 11.7 Å². The van der Waals surface area contributed by atoms with Crippen LogP contribution in [-0.4, -0.2) is 22.4 Å². The summed E-state index contributed by atoms with van der Waals surface area (Å²) in [5, 5.41) is 4.13. The number of carbonyl (C=O) groups is 1. The molecule has 0 aliphatic heterocycles. The third kappa shape index (κ3) is 3.37. The van der Waals surface area contributed by atoms with E-state index in [0.717, 1.165) is 20.3 Å². The van der Waals surface area contributed by atoms with E-state index >= 15 is 0 Å².